The molecule has 1 rings (SSSR count). The molecule has 0 aliphatic heterocycles. The van der Waals surface area contributed by atoms with Gasteiger partial charge in [0.05, 0.1) is 11.4 Å². The van der Waals surface area contributed by atoms with Crippen LogP contribution in [0.2, 0.25) is 0 Å². The molecule has 1 aromatic rings. The van der Waals surface area contributed by atoms with Crippen LogP contribution in [0, 0.1) is 6.92 Å². The fraction of sp³-hybridized carbons (Fsp3) is 0.462. The molecular weight excluding hydrogens is 264 g/mol. The fourth-order valence-electron chi connectivity index (χ4n) is 1.56. The summed E-state index contributed by atoms with van der Waals surface area (Å²) in [4.78, 5) is 11.8. The first kappa shape index (κ1) is 15.7. The monoisotopic (exact) mass is 284 g/mol. The maximum atomic E-state index is 12.0. The summed E-state index contributed by atoms with van der Waals surface area (Å²) < 4.78 is 26.4. The minimum Gasteiger partial charge on any atom is -0.350 e. The Morgan fingerprint density at radius 2 is 1.79 bits per heavy atom. The number of hydrogen-bond donors (Lipinski definition) is 2. The van der Waals surface area contributed by atoms with Gasteiger partial charge in [-0.05, 0) is 39.3 Å². The van der Waals surface area contributed by atoms with Crippen molar-refractivity contribution in [3.8, 4) is 0 Å². The molecular formula is C13H20N2O3S. The Morgan fingerprint density at radius 3 is 2.32 bits per heavy atom. The van der Waals surface area contributed by atoms with Gasteiger partial charge in [0.2, 0.25) is 15.9 Å². The molecule has 0 heterocycles. The van der Waals surface area contributed by atoms with Crippen LogP contribution in [0.1, 0.15) is 26.3 Å². The lowest BCUT2D eigenvalue weighted by Gasteiger charge is -2.20. The first-order valence-electron chi connectivity index (χ1n) is 5.98. The predicted octanol–water partition coefficient (Wildman–Crippen LogP) is 1.19. The SMILES string of the molecule is Cc1ccccc1S(=O)(=O)NCC(=O)NC(C)(C)C. The van der Waals surface area contributed by atoms with Crippen molar-refractivity contribution in [3.63, 3.8) is 0 Å². The highest BCUT2D eigenvalue weighted by atomic mass is 32.2. The third-order valence-corrected chi connectivity index (χ3v) is 3.88. The van der Waals surface area contributed by atoms with Crippen LogP contribution in [0.15, 0.2) is 29.2 Å². The minimum absolute atomic E-state index is 0.193. The lowest BCUT2D eigenvalue weighted by atomic mass is 10.1. The number of carbonyl (C=O) groups is 1. The van der Waals surface area contributed by atoms with Gasteiger partial charge in [0.25, 0.3) is 0 Å². The number of benzene rings is 1. The number of nitrogens with one attached hydrogen (secondary N) is 2. The van der Waals surface area contributed by atoms with Gasteiger partial charge in [-0.15, -0.1) is 0 Å². The van der Waals surface area contributed by atoms with Gasteiger partial charge < -0.3 is 5.32 Å². The third kappa shape index (κ3) is 5.00. The van der Waals surface area contributed by atoms with E-state index >= 15 is 0 Å². The summed E-state index contributed by atoms with van der Waals surface area (Å²) in [6.45, 7) is 6.94. The van der Waals surface area contributed by atoms with Gasteiger partial charge in [-0.2, -0.15) is 0 Å². The number of sulfonamides is 1. The first-order valence-corrected chi connectivity index (χ1v) is 7.46. The van der Waals surface area contributed by atoms with Crippen molar-refractivity contribution in [2.24, 2.45) is 0 Å². The Hall–Kier alpha value is -1.40. The molecule has 0 unspecified atom stereocenters. The van der Waals surface area contributed by atoms with Gasteiger partial charge in [-0.1, -0.05) is 18.2 Å². The van der Waals surface area contributed by atoms with Crippen LogP contribution in [0.4, 0.5) is 0 Å². The highest BCUT2D eigenvalue weighted by Gasteiger charge is 2.19. The third-order valence-electron chi connectivity index (χ3n) is 2.32. The molecule has 5 nitrogen and oxygen atoms in total. The molecule has 0 atom stereocenters. The second-order valence-electron chi connectivity index (χ2n) is 5.39. The van der Waals surface area contributed by atoms with E-state index in [0.29, 0.717) is 5.56 Å². The largest absolute Gasteiger partial charge is 0.350 e. The highest BCUT2D eigenvalue weighted by molar-refractivity contribution is 7.89. The van der Waals surface area contributed by atoms with Crippen molar-refractivity contribution in [2.45, 2.75) is 38.1 Å². The molecule has 0 spiro atoms. The minimum atomic E-state index is -3.65. The van der Waals surface area contributed by atoms with Crippen molar-refractivity contribution in [1.82, 2.24) is 10.0 Å². The van der Waals surface area contributed by atoms with Crippen LogP contribution in [0.3, 0.4) is 0 Å². The predicted molar refractivity (Wildman–Crippen MR) is 74.3 cm³/mol. The Bertz CT molecular complexity index is 559. The molecule has 0 aromatic heterocycles. The zero-order valence-electron chi connectivity index (χ0n) is 11.6. The molecule has 0 saturated heterocycles. The zero-order chi connectivity index (χ0) is 14.7. The highest BCUT2D eigenvalue weighted by Crippen LogP contribution is 2.13. The average Bonchev–Trinajstić information content (AvgIpc) is 2.24. The maximum absolute atomic E-state index is 12.0. The second kappa shape index (κ2) is 5.71. The summed E-state index contributed by atoms with van der Waals surface area (Å²) in [6, 6.07) is 6.64. The van der Waals surface area contributed by atoms with E-state index < -0.39 is 10.0 Å². The van der Waals surface area contributed by atoms with Gasteiger partial charge in [-0.3, -0.25) is 4.79 Å². The summed E-state index contributed by atoms with van der Waals surface area (Å²) in [7, 11) is -3.65. The molecule has 0 fully saturated rings. The topological polar surface area (TPSA) is 75.3 Å². The molecule has 19 heavy (non-hydrogen) atoms. The summed E-state index contributed by atoms with van der Waals surface area (Å²) in [5.74, 6) is -0.357. The molecule has 2 N–H and O–H groups in total. The van der Waals surface area contributed by atoms with Crippen LogP contribution in [-0.2, 0) is 14.8 Å². The second-order valence-corrected chi connectivity index (χ2v) is 7.12. The number of amides is 1. The van der Waals surface area contributed by atoms with Crippen LogP contribution >= 0.6 is 0 Å². The van der Waals surface area contributed by atoms with Crippen LogP contribution in [0.5, 0.6) is 0 Å². The lowest BCUT2D eigenvalue weighted by molar-refractivity contribution is -0.121. The van der Waals surface area contributed by atoms with Crippen molar-refractivity contribution in [2.75, 3.05) is 6.54 Å². The quantitative estimate of drug-likeness (QED) is 0.872. The zero-order valence-corrected chi connectivity index (χ0v) is 12.5. The maximum Gasteiger partial charge on any atom is 0.241 e. The van der Waals surface area contributed by atoms with Crippen molar-refractivity contribution in [3.05, 3.63) is 29.8 Å². The summed E-state index contributed by atoms with van der Waals surface area (Å²) in [5, 5.41) is 2.69. The fourth-order valence-corrected chi connectivity index (χ4v) is 2.78. The van der Waals surface area contributed by atoms with E-state index in [2.05, 4.69) is 10.0 Å². The molecule has 1 aromatic carbocycles. The normalized spacial score (nSPS) is 12.2. The van der Waals surface area contributed by atoms with Gasteiger partial charge in [0, 0.05) is 5.54 Å². The number of carbonyl (C=O) groups excluding carboxylic acids is 1. The number of hydrogen-bond acceptors (Lipinski definition) is 3. The van der Waals surface area contributed by atoms with E-state index in [4.69, 9.17) is 0 Å². The van der Waals surface area contributed by atoms with E-state index in [1.807, 2.05) is 20.8 Å². The standard InChI is InChI=1S/C13H20N2O3S/c1-10-7-5-6-8-11(10)19(17,18)14-9-12(16)15-13(2,3)4/h5-8,14H,9H2,1-4H3,(H,15,16). The molecule has 0 radical (unpaired) electrons. The van der Waals surface area contributed by atoms with Crippen molar-refractivity contribution in [1.29, 1.82) is 0 Å². The van der Waals surface area contributed by atoms with Crippen molar-refractivity contribution < 1.29 is 13.2 Å². The number of rotatable bonds is 4. The van der Waals surface area contributed by atoms with E-state index in [1.54, 1.807) is 25.1 Å². The first-order chi connectivity index (χ1) is 8.62. The van der Waals surface area contributed by atoms with E-state index in [0.717, 1.165) is 0 Å². The molecule has 0 aliphatic rings. The van der Waals surface area contributed by atoms with E-state index in [-0.39, 0.29) is 22.9 Å². The van der Waals surface area contributed by atoms with E-state index in [9.17, 15) is 13.2 Å². The Kier molecular flexibility index (Phi) is 4.70. The molecule has 0 saturated carbocycles. The molecule has 106 valence electrons. The van der Waals surface area contributed by atoms with Crippen LogP contribution < -0.4 is 10.0 Å². The molecule has 0 bridgehead atoms. The van der Waals surface area contributed by atoms with Crippen LogP contribution in [0.25, 0.3) is 0 Å². The summed E-state index contributed by atoms with van der Waals surface area (Å²) >= 11 is 0. The summed E-state index contributed by atoms with van der Waals surface area (Å²) in [6.07, 6.45) is 0. The average molecular weight is 284 g/mol. The smallest absolute Gasteiger partial charge is 0.241 e. The molecule has 1 amide bonds. The van der Waals surface area contributed by atoms with Gasteiger partial charge in [0.15, 0.2) is 0 Å². The Labute approximate surface area is 114 Å². The Morgan fingerprint density at radius 1 is 1.21 bits per heavy atom. The van der Waals surface area contributed by atoms with Gasteiger partial charge in [-0.25, -0.2) is 13.1 Å². The summed E-state index contributed by atoms with van der Waals surface area (Å²) in [5.41, 5.74) is 0.261. The molecule has 0 aliphatic carbocycles. The van der Waals surface area contributed by atoms with Gasteiger partial charge in [0.1, 0.15) is 0 Å². The van der Waals surface area contributed by atoms with Crippen LogP contribution in [-0.4, -0.2) is 26.4 Å². The Balaban J connectivity index is 2.72. The van der Waals surface area contributed by atoms with E-state index in [1.165, 1.54) is 6.07 Å². The van der Waals surface area contributed by atoms with Crippen molar-refractivity contribution >= 4 is 15.9 Å². The lowest BCUT2D eigenvalue weighted by Crippen LogP contribution is -2.45. The number of aryl methyl sites for hydroxylation is 1. The molecule has 6 heteroatoms. The van der Waals surface area contributed by atoms with Gasteiger partial charge >= 0.3 is 0 Å².